The van der Waals surface area contributed by atoms with Gasteiger partial charge in [0.05, 0.1) is 24.3 Å². The molecule has 3 heterocycles. The summed E-state index contributed by atoms with van der Waals surface area (Å²) in [6.45, 7) is 4.34. The van der Waals surface area contributed by atoms with E-state index in [0.29, 0.717) is 6.20 Å². The van der Waals surface area contributed by atoms with Crippen LogP contribution in [0.15, 0.2) is 33.9 Å². The quantitative estimate of drug-likeness (QED) is 0.468. The lowest BCUT2D eigenvalue weighted by molar-refractivity contribution is -0.221. The van der Waals surface area contributed by atoms with E-state index in [4.69, 9.17) is 9.47 Å². The predicted molar refractivity (Wildman–Crippen MR) is 135 cm³/mol. The van der Waals surface area contributed by atoms with Gasteiger partial charge in [-0.3, -0.25) is 4.79 Å². The first kappa shape index (κ1) is 32.0. The molecule has 0 unspecified atom stereocenters. The van der Waals surface area contributed by atoms with Gasteiger partial charge in [0.25, 0.3) is 5.91 Å². The third-order valence-electron chi connectivity index (χ3n) is 5.61. The Morgan fingerprint density at radius 2 is 1.83 bits per heavy atom. The molecule has 0 radical (unpaired) electrons. The molecule has 1 fully saturated rings. The number of hydrogen-bond acceptors (Lipinski definition) is 8. The Morgan fingerprint density at radius 3 is 2.41 bits per heavy atom. The van der Waals surface area contributed by atoms with Gasteiger partial charge in [0.1, 0.15) is 26.2 Å². The zero-order chi connectivity index (χ0) is 31.0. The van der Waals surface area contributed by atoms with Crippen LogP contribution in [0, 0.1) is 6.92 Å². The molecule has 0 aliphatic carbocycles. The number of rotatable bonds is 4. The highest BCUT2D eigenvalue weighted by Crippen LogP contribution is 2.37. The van der Waals surface area contributed by atoms with Crippen molar-refractivity contribution in [2.75, 3.05) is 36.2 Å². The summed E-state index contributed by atoms with van der Waals surface area (Å²) < 4.78 is 107. The van der Waals surface area contributed by atoms with E-state index in [1.807, 2.05) is 0 Å². The van der Waals surface area contributed by atoms with Gasteiger partial charge in [-0.25, -0.2) is 19.0 Å². The van der Waals surface area contributed by atoms with Gasteiger partial charge >= 0.3 is 18.4 Å². The van der Waals surface area contributed by atoms with Crippen molar-refractivity contribution in [2.45, 2.75) is 56.8 Å². The maximum Gasteiger partial charge on any atom is 0.442 e. The number of ether oxygens (including phenoxy) is 2. The van der Waals surface area contributed by atoms with Crippen molar-refractivity contribution in [1.82, 2.24) is 9.97 Å². The van der Waals surface area contributed by atoms with Crippen LogP contribution < -0.4 is 10.2 Å². The second-order valence-electron chi connectivity index (χ2n) is 10.1. The Bertz CT molecular complexity index is 1450. The molecule has 1 aliphatic rings. The van der Waals surface area contributed by atoms with Crippen LogP contribution in [-0.4, -0.2) is 70.0 Å². The summed E-state index contributed by atoms with van der Waals surface area (Å²) in [5.74, 6) is -1.53. The second kappa shape index (κ2) is 11.4. The Labute approximate surface area is 231 Å². The maximum absolute atomic E-state index is 13.7. The minimum atomic E-state index is -4.91. The average Bonchev–Trinajstić information content (AvgIpc) is 2.81. The lowest BCUT2D eigenvalue weighted by Crippen LogP contribution is -2.50. The largest absolute Gasteiger partial charge is 0.442 e. The van der Waals surface area contributed by atoms with E-state index in [2.05, 4.69) is 19.6 Å². The molecule has 2 aromatic rings. The molecule has 3 rings (SSSR count). The molecule has 0 bridgehead atoms. The van der Waals surface area contributed by atoms with Crippen molar-refractivity contribution in [3.8, 4) is 0 Å². The van der Waals surface area contributed by atoms with E-state index in [0.717, 1.165) is 30.3 Å². The van der Waals surface area contributed by atoms with Crippen molar-refractivity contribution in [2.24, 2.45) is 4.36 Å². The van der Waals surface area contributed by atoms with Crippen molar-refractivity contribution < 1.29 is 49.6 Å². The maximum atomic E-state index is 13.7. The number of nitrogens with one attached hydrogen (secondary N) is 1. The topological polar surface area (TPSA) is 123 Å². The van der Waals surface area contributed by atoms with E-state index >= 15 is 0 Å². The summed E-state index contributed by atoms with van der Waals surface area (Å²) in [4.78, 5) is 34.1. The minimum absolute atomic E-state index is 0.0909. The molecule has 41 heavy (non-hydrogen) atoms. The fraction of sp³-hybridized carbons (Fsp3) is 0.500. The standard InChI is InChI=1S/C24H27F6N5O5S/c1-13-15(23(25,26)27)11-32-19(35-8-9-39-16(12-35)24(28,29)30)18(13)20(36)33-14-6-7-31-17(10-14)41(5,38)34-21(37)40-22(2,3)4/h6-7,10-11,16H,8-9,12H2,1-5H3,(H,31,33,36)/t16-,41-/m1/s1. The zero-order valence-corrected chi connectivity index (χ0v) is 23.3. The number of pyridine rings is 2. The van der Waals surface area contributed by atoms with Gasteiger partial charge < -0.3 is 19.7 Å². The monoisotopic (exact) mass is 611 g/mol. The molecule has 2 atom stereocenters. The molecule has 2 amide bonds. The minimum Gasteiger partial charge on any atom is -0.442 e. The highest BCUT2D eigenvalue weighted by atomic mass is 32.2. The first-order valence-electron chi connectivity index (χ1n) is 11.9. The lowest BCUT2D eigenvalue weighted by atomic mass is 10.0. The average molecular weight is 612 g/mol. The molecular formula is C24H27F6N5O5S. The highest BCUT2D eigenvalue weighted by Gasteiger charge is 2.44. The van der Waals surface area contributed by atoms with Gasteiger partial charge in [-0.1, -0.05) is 0 Å². The molecule has 1 N–H and O–H groups in total. The number of hydrogen-bond donors (Lipinski definition) is 1. The van der Waals surface area contributed by atoms with Crippen molar-refractivity contribution in [3.63, 3.8) is 0 Å². The summed E-state index contributed by atoms with van der Waals surface area (Å²) in [6.07, 6.45) is -10.4. The van der Waals surface area contributed by atoms with E-state index in [-0.39, 0.29) is 17.3 Å². The Hall–Kier alpha value is -3.47. The van der Waals surface area contributed by atoms with Gasteiger partial charge in [-0.2, -0.15) is 26.3 Å². The molecule has 1 saturated heterocycles. The van der Waals surface area contributed by atoms with Crippen LogP contribution in [0.25, 0.3) is 0 Å². The number of carbonyl (C=O) groups excluding carboxylic acids is 2. The summed E-state index contributed by atoms with van der Waals surface area (Å²) >= 11 is 0. The third kappa shape index (κ3) is 8.06. The molecule has 0 saturated carbocycles. The SMILES string of the molecule is Cc1c(C(F)(F)F)cnc(N2CCO[C@@H](C(F)(F)F)C2)c1C(=O)Nc1ccnc([S@@](C)(=O)=NC(=O)OC(C)(C)C)c1. The smallest absolute Gasteiger partial charge is 0.442 e. The molecule has 0 aromatic carbocycles. The number of anilines is 2. The number of amides is 2. The summed E-state index contributed by atoms with van der Waals surface area (Å²) in [5.41, 5.74) is -3.45. The van der Waals surface area contributed by atoms with Gasteiger partial charge in [-0.15, -0.1) is 4.36 Å². The second-order valence-corrected chi connectivity index (χ2v) is 12.3. The summed E-state index contributed by atoms with van der Waals surface area (Å²) in [5, 5.41) is 2.10. The normalized spacial score (nSPS) is 17.9. The fourth-order valence-corrected chi connectivity index (χ4v) is 4.80. The predicted octanol–water partition coefficient (Wildman–Crippen LogP) is 5.22. The van der Waals surface area contributed by atoms with Crippen LogP contribution in [0.4, 0.5) is 42.6 Å². The first-order valence-corrected chi connectivity index (χ1v) is 13.8. The molecule has 17 heteroatoms. The Balaban J connectivity index is 2.01. The molecule has 0 spiro atoms. The van der Waals surface area contributed by atoms with Gasteiger partial charge in [0, 0.05) is 30.9 Å². The van der Waals surface area contributed by atoms with Crippen LogP contribution in [-0.2, 0) is 25.4 Å². The summed E-state index contributed by atoms with van der Waals surface area (Å²) in [7, 11) is -3.49. The van der Waals surface area contributed by atoms with Crippen LogP contribution in [0.3, 0.4) is 0 Å². The van der Waals surface area contributed by atoms with Gasteiger partial charge in [0.2, 0.25) is 0 Å². The zero-order valence-electron chi connectivity index (χ0n) is 22.5. The molecule has 226 valence electrons. The number of alkyl halides is 6. The first-order chi connectivity index (χ1) is 18.7. The highest BCUT2D eigenvalue weighted by molar-refractivity contribution is 7.93. The van der Waals surface area contributed by atoms with Crippen LogP contribution in [0.1, 0.15) is 42.3 Å². The third-order valence-corrected chi connectivity index (χ3v) is 7.10. The van der Waals surface area contributed by atoms with E-state index in [1.165, 1.54) is 6.07 Å². The van der Waals surface area contributed by atoms with E-state index < -0.39 is 81.4 Å². The number of carbonyl (C=O) groups is 2. The van der Waals surface area contributed by atoms with Crippen molar-refractivity contribution in [3.05, 3.63) is 41.2 Å². The van der Waals surface area contributed by atoms with Gasteiger partial charge in [-0.05, 0) is 45.4 Å². The van der Waals surface area contributed by atoms with Crippen molar-refractivity contribution in [1.29, 1.82) is 0 Å². The van der Waals surface area contributed by atoms with Crippen LogP contribution in [0.2, 0.25) is 0 Å². The van der Waals surface area contributed by atoms with Crippen LogP contribution in [0.5, 0.6) is 0 Å². The Kier molecular flexibility index (Phi) is 8.93. The number of nitrogens with zero attached hydrogens (tertiary/aromatic N) is 4. The molecule has 2 aromatic heterocycles. The molecule has 10 nitrogen and oxygen atoms in total. The van der Waals surface area contributed by atoms with Gasteiger partial charge in [0.15, 0.2) is 6.10 Å². The van der Waals surface area contributed by atoms with E-state index in [1.54, 1.807) is 20.8 Å². The number of morpholine rings is 1. The molecular weight excluding hydrogens is 584 g/mol. The molecule has 1 aliphatic heterocycles. The number of aromatic nitrogens is 2. The van der Waals surface area contributed by atoms with Crippen molar-refractivity contribution >= 4 is 33.2 Å². The van der Waals surface area contributed by atoms with E-state index in [9.17, 15) is 40.1 Å². The van der Waals surface area contributed by atoms with Crippen LogP contribution >= 0.6 is 0 Å². The number of halogens is 6. The Morgan fingerprint density at radius 1 is 1.17 bits per heavy atom. The summed E-state index contributed by atoms with van der Waals surface area (Å²) in [6, 6.07) is 2.33. The fourth-order valence-electron chi connectivity index (χ4n) is 3.78. The lowest BCUT2D eigenvalue weighted by Gasteiger charge is -2.35.